The predicted octanol–water partition coefficient (Wildman–Crippen LogP) is 8.10. The highest BCUT2D eigenvalue weighted by Crippen LogP contribution is 2.55. The summed E-state index contributed by atoms with van der Waals surface area (Å²) in [7, 11) is 3.50. The van der Waals surface area contributed by atoms with E-state index in [1.165, 1.54) is 7.11 Å². The lowest BCUT2D eigenvalue weighted by Crippen LogP contribution is -2.43. The lowest BCUT2D eigenvalue weighted by Gasteiger charge is -2.48. The number of benzene rings is 2. The van der Waals surface area contributed by atoms with Gasteiger partial charge >= 0.3 is 0 Å². The summed E-state index contributed by atoms with van der Waals surface area (Å²) in [6, 6.07) is 8.47. The number of hydrogen-bond donors (Lipinski definition) is 1. The number of ether oxygens (including phenoxy) is 2. The molecule has 0 saturated carbocycles. The van der Waals surface area contributed by atoms with E-state index in [0.717, 1.165) is 29.8 Å². The van der Waals surface area contributed by atoms with Crippen molar-refractivity contribution in [2.24, 2.45) is 10.8 Å². The van der Waals surface area contributed by atoms with Crippen molar-refractivity contribution in [3.63, 3.8) is 0 Å². The number of nitrogens with one attached hydrogen (secondary N) is 1. The Balaban J connectivity index is 1.52. The van der Waals surface area contributed by atoms with Gasteiger partial charge in [-0.3, -0.25) is 14.4 Å². The highest BCUT2D eigenvalue weighted by atomic mass is 79.9. The van der Waals surface area contributed by atoms with E-state index in [4.69, 9.17) is 32.7 Å². The fourth-order valence-electron chi connectivity index (χ4n) is 6.45. The zero-order valence-corrected chi connectivity index (χ0v) is 28.2. The van der Waals surface area contributed by atoms with E-state index >= 15 is 0 Å². The molecule has 7 nitrogen and oxygen atoms in total. The molecule has 0 radical (unpaired) electrons. The molecule has 0 bridgehead atoms. The normalized spacial score (nSPS) is 19.7. The maximum Gasteiger partial charge on any atom is 0.262 e. The number of rotatable bonds is 6. The summed E-state index contributed by atoms with van der Waals surface area (Å²) in [4.78, 5) is 42.4. The molecule has 1 heterocycles. The van der Waals surface area contributed by atoms with Gasteiger partial charge in [-0.25, -0.2) is 0 Å². The third kappa shape index (κ3) is 6.24. The second kappa shape index (κ2) is 11.6. The summed E-state index contributed by atoms with van der Waals surface area (Å²) < 4.78 is 12.2. The van der Waals surface area contributed by atoms with E-state index in [2.05, 4.69) is 53.8 Å². The Morgan fingerprint density at radius 2 is 1.53 bits per heavy atom. The third-order valence-corrected chi connectivity index (χ3v) is 9.64. The smallest absolute Gasteiger partial charge is 0.262 e. The summed E-state index contributed by atoms with van der Waals surface area (Å²) in [6.07, 6.45) is 2.29. The quantitative estimate of drug-likeness (QED) is 0.330. The fourth-order valence-corrected chi connectivity index (χ4v) is 7.33. The summed E-state index contributed by atoms with van der Waals surface area (Å²) in [5, 5.41) is 3.45. The van der Waals surface area contributed by atoms with Crippen LogP contribution in [0.1, 0.15) is 64.9 Å². The van der Waals surface area contributed by atoms with Crippen LogP contribution >= 0.6 is 39.1 Å². The van der Waals surface area contributed by atoms with Crippen molar-refractivity contribution in [1.29, 1.82) is 0 Å². The van der Waals surface area contributed by atoms with E-state index in [1.807, 2.05) is 19.2 Å². The van der Waals surface area contributed by atoms with Gasteiger partial charge in [0.05, 0.1) is 21.6 Å². The standard InChI is InChI=1S/C33H35BrCl2N2O5/c1-32(2)12-22-29(24(39)14-32)28(30-23(38(22)5)13-33(3,4)15-25(30)40)17-9-19(34)31(26(10-17)42-6)43-16-27(41)37-18-7-8-20(35)21(36)11-18/h7-11,28H,12-16H2,1-6H3,(H,37,41). The Kier molecular flexibility index (Phi) is 8.53. The van der Waals surface area contributed by atoms with E-state index in [-0.39, 0.29) is 29.0 Å². The highest BCUT2D eigenvalue weighted by Gasteiger charge is 2.48. The summed E-state index contributed by atoms with van der Waals surface area (Å²) in [6.45, 7) is 8.15. The average molecular weight is 690 g/mol. The van der Waals surface area contributed by atoms with Gasteiger partial charge in [-0.15, -0.1) is 0 Å². The number of carbonyl (C=O) groups excluding carboxylic acids is 3. The van der Waals surface area contributed by atoms with Crippen LogP contribution in [0.4, 0.5) is 5.69 Å². The minimum Gasteiger partial charge on any atom is -0.493 e. The molecule has 1 amide bonds. The largest absolute Gasteiger partial charge is 0.493 e. The maximum atomic E-state index is 13.8. The molecule has 10 heteroatoms. The van der Waals surface area contributed by atoms with Crippen molar-refractivity contribution in [2.45, 2.75) is 59.3 Å². The predicted molar refractivity (Wildman–Crippen MR) is 172 cm³/mol. The molecule has 1 aliphatic heterocycles. The molecule has 0 aromatic heterocycles. The van der Waals surface area contributed by atoms with Gasteiger partial charge in [0.15, 0.2) is 29.7 Å². The number of hydrogen-bond acceptors (Lipinski definition) is 6. The van der Waals surface area contributed by atoms with Gasteiger partial charge < -0.3 is 19.7 Å². The number of halogens is 3. The summed E-state index contributed by atoms with van der Waals surface area (Å²) in [5.74, 6) is -0.0997. The zero-order valence-electron chi connectivity index (χ0n) is 25.1. The first-order valence-corrected chi connectivity index (χ1v) is 15.7. The van der Waals surface area contributed by atoms with Crippen molar-refractivity contribution < 1.29 is 23.9 Å². The minimum absolute atomic E-state index is 0.0571. The first kappa shape index (κ1) is 31.6. The number of amides is 1. The Hall–Kier alpha value is -2.81. The highest BCUT2D eigenvalue weighted by molar-refractivity contribution is 9.10. The summed E-state index contributed by atoms with van der Waals surface area (Å²) in [5.41, 5.74) is 4.18. The zero-order chi connectivity index (χ0) is 31.4. The van der Waals surface area contributed by atoms with Gasteiger partial charge in [-0.05, 0) is 75.5 Å². The molecule has 3 aliphatic rings. The molecule has 43 heavy (non-hydrogen) atoms. The minimum atomic E-state index is -0.523. The molecule has 2 aromatic rings. The van der Waals surface area contributed by atoms with E-state index < -0.39 is 11.8 Å². The van der Waals surface area contributed by atoms with Crippen LogP contribution in [0.15, 0.2) is 57.3 Å². The van der Waals surface area contributed by atoms with Gasteiger partial charge in [0.25, 0.3) is 5.91 Å². The van der Waals surface area contributed by atoms with Crippen LogP contribution in [0.25, 0.3) is 0 Å². The summed E-state index contributed by atoms with van der Waals surface area (Å²) >= 11 is 15.6. The molecule has 0 fully saturated rings. The van der Waals surface area contributed by atoms with Crippen molar-refractivity contribution in [2.75, 3.05) is 26.1 Å². The molecule has 2 aromatic carbocycles. The van der Waals surface area contributed by atoms with Crippen LogP contribution in [0.2, 0.25) is 10.0 Å². The number of ketones is 2. The lowest BCUT2D eigenvalue weighted by atomic mass is 9.64. The maximum absolute atomic E-state index is 13.8. The van der Waals surface area contributed by atoms with Crippen LogP contribution in [0.5, 0.6) is 11.5 Å². The fraction of sp³-hybridized carbons (Fsp3) is 0.424. The SMILES string of the molecule is COc1cc(C2C3=C(CC(C)(C)CC3=O)N(C)C3=C2C(=O)CC(C)(C)C3)cc(Br)c1OCC(=O)Nc1ccc(Cl)c(Cl)c1. The van der Waals surface area contributed by atoms with Crippen molar-refractivity contribution in [1.82, 2.24) is 4.90 Å². The van der Waals surface area contributed by atoms with Gasteiger partial charge in [-0.2, -0.15) is 0 Å². The molecular formula is C33H35BrCl2N2O5. The van der Waals surface area contributed by atoms with Crippen molar-refractivity contribution >= 4 is 62.3 Å². The first-order valence-electron chi connectivity index (χ1n) is 14.1. The number of Topliss-reactive ketones (excluding diaryl/α,β-unsaturated/α-hetero) is 2. The number of methoxy groups -OCH3 is 1. The molecule has 1 N–H and O–H groups in total. The van der Waals surface area contributed by atoms with Crippen LogP contribution in [-0.4, -0.2) is 43.1 Å². The number of carbonyl (C=O) groups is 3. The second-order valence-electron chi connectivity index (χ2n) is 13.1. The van der Waals surface area contributed by atoms with Gasteiger partial charge in [0, 0.05) is 54.0 Å². The number of anilines is 1. The Bertz CT molecular complexity index is 1560. The van der Waals surface area contributed by atoms with Crippen LogP contribution in [0.3, 0.4) is 0 Å². The number of nitrogens with zero attached hydrogens (tertiary/aromatic N) is 1. The molecule has 2 aliphatic carbocycles. The lowest BCUT2D eigenvalue weighted by molar-refractivity contribution is -0.120. The van der Waals surface area contributed by atoms with E-state index in [1.54, 1.807) is 18.2 Å². The van der Waals surface area contributed by atoms with E-state index in [0.29, 0.717) is 55.7 Å². The molecule has 0 atom stereocenters. The van der Waals surface area contributed by atoms with E-state index in [9.17, 15) is 14.4 Å². The molecule has 0 spiro atoms. The average Bonchev–Trinajstić information content (AvgIpc) is 2.89. The first-order chi connectivity index (χ1) is 20.1. The van der Waals surface area contributed by atoms with Crippen LogP contribution in [0, 0.1) is 10.8 Å². The molecular weight excluding hydrogens is 655 g/mol. The van der Waals surface area contributed by atoms with Crippen LogP contribution < -0.4 is 14.8 Å². The van der Waals surface area contributed by atoms with Gasteiger partial charge in [0.2, 0.25) is 0 Å². The Morgan fingerprint density at radius 3 is 2.07 bits per heavy atom. The van der Waals surface area contributed by atoms with Gasteiger partial charge in [0.1, 0.15) is 0 Å². The third-order valence-electron chi connectivity index (χ3n) is 8.32. The van der Waals surface area contributed by atoms with Crippen LogP contribution in [-0.2, 0) is 14.4 Å². The topological polar surface area (TPSA) is 84.9 Å². The Labute approximate surface area is 270 Å². The molecule has 5 rings (SSSR count). The number of allylic oxidation sites excluding steroid dienone is 4. The molecule has 0 saturated heterocycles. The molecule has 228 valence electrons. The Morgan fingerprint density at radius 1 is 0.953 bits per heavy atom. The monoisotopic (exact) mass is 688 g/mol. The van der Waals surface area contributed by atoms with Gasteiger partial charge in [-0.1, -0.05) is 50.9 Å². The van der Waals surface area contributed by atoms with Crippen molar-refractivity contribution in [3.8, 4) is 11.5 Å². The molecule has 0 unspecified atom stereocenters. The second-order valence-corrected chi connectivity index (χ2v) is 14.8. The van der Waals surface area contributed by atoms with Crippen molar-refractivity contribution in [3.05, 3.63) is 73.0 Å².